The highest BCUT2D eigenvalue weighted by Crippen LogP contribution is 2.36. The number of amides is 1. The molecule has 3 heterocycles. The third kappa shape index (κ3) is 5.48. The molecule has 0 saturated carbocycles. The van der Waals surface area contributed by atoms with E-state index in [1.54, 1.807) is 13.0 Å². The van der Waals surface area contributed by atoms with Crippen molar-refractivity contribution in [2.45, 2.75) is 31.7 Å². The van der Waals surface area contributed by atoms with Gasteiger partial charge < -0.3 is 11.1 Å². The molecule has 3 N–H and O–H groups in total. The van der Waals surface area contributed by atoms with Crippen LogP contribution in [0.15, 0.2) is 30.6 Å². The Kier molecular flexibility index (Phi) is 7.06. The summed E-state index contributed by atoms with van der Waals surface area (Å²) in [5.74, 6) is -3.47. The molecule has 1 aliphatic rings. The highest BCUT2D eigenvalue weighted by atomic mass is 35.5. The Morgan fingerprint density at radius 1 is 1.29 bits per heavy atom. The fourth-order valence-electron chi connectivity index (χ4n) is 3.87. The maximum absolute atomic E-state index is 13.7. The van der Waals surface area contributed by atoms with Crippen molar-refractivity contribution in [2.24, 2.45) is 0 Å². The van der Waals surface area contributed by atoms with E-state index < -0.39 is 17.6 Å². The molecule has 0 aliphatic carbocycles. The smallest absolute Gasteiger partial charge is 0.252 e. The summed E-state index contributed by atoms with van der Waals surface area (Å²) in [6, 6.07) is 4.33. The van der Waals surface area contributed by atoms with E-state index >= 15 is 0 Å². The molecule has 7 nitrogen and oxygen atoms in total. The van der Waals surface area contributed by atoms with Crippen LogP contribution in [0.1, 0.15) is 39.8 Å². The number of benzene rings is 1. The molecule has 1 saturated heterocycles. The number of anilines is 1. The molecule has 1 unspecified atom stereocenters. The standard InChI is InChI=1S/C22H22ClF3N6OS/c1-12-18(34-21(27)31-12)17(32-6-4-22(25,26)5-7-32)11-30-20(33)15-8-13(2-3-16(15)23)19-28-9-14(24)10-29-19/h2-3,8-10,17H,4-7,11H2,1H3,(H2,27,31)(H,30,33). The van der Waals surface area contributed by atoms with E-state index in [0.717, 1.165) is 17.3 Å². The lowest BCUT2D eigenvalue weighted by molar-refractivity contribution is -0.0629. The van der Waals surface area contributed by atoms with Crippen LogP contribution in [-0.2, 0) is 0 Å². The number of aromatic nitrogens is 3. The van der Waals surface area contributed by atoms with E-state index in [9.17, 15) is 18.0 Å². The lowest BCUT2D eigenvalue weighted by Gasteiger charge is -2.37. The van der Waals surface area contributed by atoms with Gasteiger partial charge >= 0.3 is 0 Å². The Hall–Kier alpha value is -2.76. The Balaban J connectivity index is 1.54. The molecule has 12 heteroatoms. The molecular weight excluding hydrogens is 489 g/mol. The molecule has 2 aromatic heterocycles. The number of piperidine rings is 1. The number of hydrogen-bond acceptors (Lipinski definition) is 7. The molecule has 180 valence electrons. The van der Waals surface area contributed by atoms with Crippen LogP contribution >= 0.6 is 22.9 Å². The lowest BCUT2D eigenvalue weighted by Crippen LogP contribution is -2.45. The monoisotopic (exact) mass is 510 g/mol. The van der Waals surface area contributed by atoms with E-state index in [4.69, 9.17) is 17.3 Å². The first kappa shape index (κ1) is 24.4. The minimum Gasteiger partial charge on any atom is -0.375 e. The summed E-state index contributed by atoms with van der Waals surface area (Å²) in [4.78, 5) is 27.9. The molecule has 4 rings (SSSR count). The van der Waals surface area contributed by atoms with Gasteiger partial charge in [0, 0.05) is 42.9 Å². The molecule has 1 atom stereocenters. The van der Waals surface area contributed by atoms with Gasteiger partial charge in [-0.1, -0.05) is 11.6 Å². The molecule has 3 aromatic rings. The second-order valence-corrected chi connectivity index (χ2v) is 9.51. The fourth-order valence-corrected chi connectivity index (χ4v) is 5.05. The fraction of sp³-hybridized carbons (Fsp3) is 0.364. The summed E-state index contributed by atoms with van der Waals surface area (Å²) in [6.07, 6.45) is 1.56. The zero-order chi connectivity index (χ0) is 24.5. The van der Waals surface area contributed by atoms with Crippen LogP contribution in [0, 0.1) is 12.7 Å². The van der Waals surface area contributed by atoms with Crippen molar-refractivity contribution in [3.8, 4) is 11.4 Å². The van der Waals surface area contributed by atoms with Gasteiger partial charge in [0.25, 0.3) is 11.8 Å². The van der Waals surface area contributed by atoms with Gasteiger partial charge in [-0.25, -0.2) is 28.1 Å². The van der Waals surface area contributed by atoms with E-state index in [2.05, 4.69) is 20.3 Å². The molecule has 1 aliphatic heterocycles. The van der Waals surface area contributed by atoms with Crippen molar-refractivity contribution >= 4 is 34.0 Å². The predicted molar refractivity (Wildman–Crippen MR) is 125 cm³/mol. The zero-order valence-electron chi connectivity index (χ0n) is 18.2. The molecule has 0 spiro atoms. The highest BCUT2D eigenvalue weighted by molar-refractivity contribution is 7.15. The zero-order valence-corrected chi connectivity index (χ0v) is 19.8. The average molecular weight is 511 g/mol. The van der Waals surface area contributed by atoms with E-state index in [-0.39, 0.29) is 54.9 Å². The molecule has 1 aromatic carbocycles. The van der Waals surface area contributed by atoms with Crippen LogP contribution in [0.25, 0.3) is 11.4 Å². The number of rotatable bonds is 6. The maximum Gasteiger partial charge on any atom is 0.252 e. The van der Waals surface area contributed by atoms with Gasteiger partial charge in [0.15, 0.2) is 16.8 Å². The lowest BCUT2D eigenvalue weighted by atomic mass is 10.0. The van der Waals surface area contributed by atoms with Crippen molar-refractivity contribution in [1.29, 1.82) is 0 Å². The van der Waals surface area contributed by atoms with Crippen LogP contribution in [0.2, 0.25) is 5.02 Å². The summed E-state index contributed by atoms with van der Waals surface area (Å²) in [6.45, 7) is 2.32. The van der Waals surface area contributed by atoms with Crippen molar-refractivity contribution in [2.75, 3.05) is 25.4 Å². The molecule has 0 radical (unpaired) electrons. The Morgan fingerprint density at radius 3 is 2.59 bits per heavy atom. The Labute approximate surface area is 203 Å². The van der Waals surface area contributed by atoms with Crippen molar-refractivity contribution in [1.82, 2.24) is 25.2 Å². The van der Waals surface area contributed by atoms with E-state index in [1.807, 2.05) is 4.90 Å². The Morgan fingerprint density at radius 2 is 1.97 bits per heavy atom. The molecule has 34 heavy (non-hydrogen) atoms. The first-order valence-corrected chi connectivity index (χ1v) is 11.7. The third-order valence-corrected chi connectivity index (χ3v) is 7.08. The summed E-state index contributed by atoms with van der Waals surface area (Å²) >= 11 is 7.55. The molecule has 0 bridgehead atoms. The molecule has 1 amide bonds. The van der Waals surface area contributed by atoms with Gasteiger partial charge in [0.2, 0.25) is 0 Å². The summed E-state index contributed by atoms with van der Waals surface area (Å²) in [5, 5.41) is 3.46. The normalized spacial score (nSPS) is 16.9. The second kappa shape index (κ2) is 9.85. The largest absolute Gasteiger partial charge is 0.375 e. The number of aryl methyl sites for hydroxylation is 1. The van der Waals surface area contributed by atoms with Crippen LogP contribution in [0.5, 0.6) is 0 Å². The number of nitrogens with zero attached hydrogens (tertiary/aromatic N) is 4. The number of nitrogens with one attached hydrogen (secondary N) is 1. The van der Waals surface area contributed by atoms with Gasteiger partial charge in [0.05, 0.1) is 34.7 Å². The maximum atomic E-state index is 13.7. The van der Waals surface area contributed by atoms with Crippen LogP contribution in [-0.4, -0.2) is 51.3 Å². The topological polar surface area (TPSA) is 97.0 Å². The predicted octanol–water partition coefficient (Wildman–Crippen LogP) is 4.49. The van der Waals surface area contributed by atoms with Crippen molar-refractivity contribution < 1.29 is 18.0 Å². The number of nitrogen functional groups attached to an aromatic ring is 1. The van der Waals surface area contributed by atoms with Gasteiger partial charge in [-0.3, -0.25) is 9.69 Å². The SMILES string of the molecule is Cc1nc(N)sc1C(CNC(=O)c1cc(-c2ncc(F)cn2)ccc1Cl)N1CCC(F)(F)CC1. The number of halogens is 4. The number of hydrogen-bond donors (Lipinski definition) is 2. The average Bonchev–Trinajstić information content (AvgIpc) is 3.13. The van der Waals surface area contributed by atoms with Gasteiger partial charge in [0.1, 0.15) is 0 Å². The number of thiazole rings is 1. The van der Waals surface area contributed by atoms with E-state index in [1.165, 1.54) is 23.5 Å². The first-order chi connectivity index (χ1) is 16.1. The quantitative estimate of drug-likeness (QED) is 0.507. The minimum atomic E-state index is -2.69. The number of likely N-dealkylation sites (tertiary alicyclic amines) is 1. The number of nitrogens with two attached hydrogens (primary N) is 1. The van der Waals surface area contributed by atoms with Crippen LogP contribution < -0.4 is 11.1 Å². The van der Waals surface area contributed by atoms with Gasteiger partial charge in [-0.05, 0) is 25.1 Å². The van der Waals surface area contributed by atoms with Crippen LogP contribution in [0.4, 0.5) is 18.3 Å². The van der Waals surface area contributed by atoms with Crippen molar-refractivity contribution in [3.63, 3.8) is 0 Å². The number of carbonyl (C=O) groups is 1. The molecular formula is C22H22ClF3N6OS. The Bertz CT molecular complexity index is 1180. The third-order valence-electron chi connectivity index (χ3n) is 5.67. The first-order valence-electron chi connectivity index (χ1n) is 10.5. The van der Waals surface area contributed by atoms with Crippen molar-refractivity contribution in [3.05, 3.63) is 57.6 Å². The number of carbonyl (C=O) groups excluding carboxylic acids is 1. The van der Waals surface area contributed by atoms with Gasteiger partial charge in [-0.15, -0.1) is 11.3 Å². The van der Waals surface area contributed by atoms with E-state index in [0.29, 0.717) is 16.4 Å². The van der Waals surface area contributed by atoms with Gasteiger partial charge in [-0.2, -0.15) is 0 Å². The van der Waals surface area contributed by atoms with Crippen LogP contribution in [0.3, 0.4) is 0 Å². The summed E-state index contributed by atoms with van der Waals surface area (Å²) < 4.78 is 40.6. The number of alkyl halides is 2. The second-order valence-electron chi connectivity index (χ2n) is 8.04. The summed E-state index contributed by atoms with van der Waals surface area (Å²) in [7, 11) is 0. The highest BCUT2D eigenvalue weighted by Gasteiger charge is 2.37. The minimum absolute atomic E-state index is 0.153. The summed E-state index contributed by atoms with van der Waals surface area (Å²) in [5.41, 5.74) is 7.26. The molecule has 1 fully saturated rings.